The van der Waals surface area contributed by atoms with Crippen LogP contribution < -0.4 is 74.8 Å². The molecule has 10 rings (SSSR count). The van der Waals surface area contributed by atoms with Crippen LogP contribution in [0.4, 0.5) is 62.6 Å². The van der Waals surface area contributed by atoms with Crippen LogP contribution in [0.2, 0.25) is 0 Å². The first-order valence-electron chi connectivity index (χ1n) is 20.4. The minimum atomic E-state index is -0.816. The third-order valence-corrected chi connectivity index (χ3v) is 10.8. The summed E-state index contributed by atoms with van der Waals surface area (Å²) in [5.74, 6) is 1.87. The molecule has 5 aliphatic heterocycles. The van der Waals surface area contributed by atoms with E-state index >= 15 is 0 Å². The number of carbonyl (C=O) groups is 5. The minimum Gasteiger partial charge on any atom is -0.479 e. The number of rotatable bonds is 2. The quantitative estimate of drug-likeness (QED) is 0.0971. The van der Waals surface area contributed by atoms with Crippen LogP contribution in [0, 0.1) is 0 Å². The summed E-state index contributed by atoms with van der Waals surface area (Å²) in [6.45, 7) is 5.40. The van der Waals surface area contributed by atoms with Crippen molar-refractivity contribution in [2.24, 2.45) is 0 Å². The lowest BCUT2D eigenvalue weighted by Crippen LogP contribution is -2.45. The third kappa shape index (κ3) is 14.0. The molecule has 2 atom stereocenters. The van der Waals surface area contributed by atoms with Gasteiger partial charge in [0.05, 0.1) is 46.4 Å². The molecule has 0 bridgehead atoms. The number of halogens is 2. The lowest BCUT2D eigenvalue weighted by molar-refractivity contribution is -0.129. The van der Waals surface area contributed by atoms with E-state index in [0.29, 0.717) is 75.0 Å². The standard InChI is InChI=1S/C10H12N2O3.C10H12N2O2.C9H10N2O2.C8H9N3O.C8H8N2OS.2ClH/c11-6-1-2-8-7(5-6)12-10(14)9(15-8)3-4-13;1-10(2)9(13)12-7-5-6(11)3-4-8(7)14-10;1-5-9(12)11-7-4-6(10)2-3-8(7)13-5;9-5-1-2-6-7(3-5)11-8(12)4-10-6;9-5-1-2-7-6(3-5)10-8(11)4-12-7;;/h1-2,5,9,13H,3-4,11H2,(H,12,14);3-5H,11H2,1-2H3,(H,12,13);2-5H,10H2,1H3,(H,11,12);1-3,10H,4,9H2,(H,11,12);1-3H,4,9H2,(H,10,11);2*1H. The van der Waals surface area contributed by atoms with E-state index in [4.69, 9.17) is 48.0 Å². The number of nitrogens with one attached hydrogen (secondary N) is 6. The molecule has 5 aliphatic rings. The molecule has 20 nitrogen and oxygen atoms in total. The highest BCUT2D eigenvalue weighted by Gasteiger charge is 2.35. The maximum atomic E-state index is 11.5. The molecule has 0 fully saturated rings. The highest BCUT2D eigenvalue weighted by atomic mass is 35.5. The lowest BCUT2D eigenvalue weighted by Gasteiger charge is -2.31. The summed E-state index contributed by atoms with van der Waals surface area (Å²) >= 11 is 1.54. The number of anilines is 11. The van der Waals surface area contributed by atoms with Gasteiger partial charge in [0.2, 0.25) is 11.8 Å². The molecule has 0 saturated carbocycles. The molecule has 0 spiro atoms. The Morgan fingerprint density at radius 2 is 1.07 bits per heavy atom. The minimum absolute atomic E-state index is 0. The Morgan fingerprint density at radius 3 is 1.68 bits per heavy atom. The summed E-state index contributed by atoms with van der Waals surface area (Å²) in [5, 5.41) is 25.3. The number of hydrogen-bond donors (Lipinski definition) is 12. The smallest absolute Gasteiger partial charge is 0.268 e. The van der Waals surface area contributed by atoms with Gasteiger partial charge in [0.15, 0.2) is 17.8 Å². The van der Waals surface area contributed by atoms with Crippen LogP contribution in [0.25, 0.3) is 0 Å². The molecule has 0 aliphatic carbocycles. The number of carbonyl (C=O) groups excluding carboxylic acids is 5. The molecule has 362 valence electrons. The van der Waals surface area contributed by atoms with Gasteiger partial charge < -0.3 is 79.9 Å². The van der Waals surface area contributed by atoms with Gasteiger partial charge in [-0.1, -0.05) is 0 Å². The maximum Gasteiger partial charge on any atom is 0.268 e. The van der Waals surface area contributed by atoms with Gasteiger partial charge in [-0.05, 0) is 112 Å². The summed E-state index contributed by atoms with van der Waals surface area (Å²) in [6.07, 6.45) is -0.766. The van der Waals surface area contributed by atoms with Gasteiger partial charge in [0.1, 0.15) is 17.2 Å². The summed E-state index contributed by atoms with van der Waals surface area (Å²) < 4.78 is 16.3. The average molecular weight is 995 g/mol. The van der Waals surface area contributed by atoms with Crippen LogP contribution in [0.1, 0.15) is 27.2 Å². The first-order valence-corrected chi connectivity index (χ1v) is 21.4. The predicted octanol–water partition coefficient (Wildman–Crippen LogP) is 5.51. The lowest BCUT2D eigenvalue weighted by atomic mass is 10.1. The number of ether oxygens (including phenoxy) is 3. The van der Waals surface area contributed by atoms with Crippen LogP contribution in [-0.2, 0) is 24.0 Å². The molecular formula is C45H53Cl2N11O9S. The topological polar surface area (TPSA) is 336 Å². The van der Waals surface area contributed by atoms with E-state index in [0.717, 1.165) is 22.0 Å². The number of nitrogen functional groups attached to an aromatic ring is 5. The number of fused-ring (bicyclic) bond motifs is 5. The molecule has 5 aromatic rings. The molecule has 17 N–H and O–H groups in total. The summed E-state index contributed by atoms with van der Waals surface area (Å²) in [7, 11) is 0. The first-order chi connectivity index (χ1) is 31.4. The van der Waals surface area contributed by atoms with Crippen molar-refractivity contribution in [1.29, 1.82) is 0 Å². The fraction of sp³-hybridized carbons (Fsp3) is 0.222. The van der Waals surface area contributed by atoms with Gasteiger partial charge in [0, 0.05) is 46.4 Å². The molecule has 5 heterocycles. The second kappa shape index (κ2) is 23.3. The van der Waals surface area contributed by atoms with Crippen molar-refractivity contribution in [3.05, 3.63) is 91.0 Å². The normalized spacial score (nSPS) is 17.0. The van der Waals surface area contributed by atoms with E-state index < -0.39 is 17.8 Å². The number of amides is 5. The van der Waals surface area contributed by atoms with Gasteiger partial charge >= 0.3 is 0 Å². The monoisotopic (exact) mass is 993 g/mol. The zero-order valence-electron chi connectivity index (χ0n) is 37.0. The van der Waals surface area contributed by atoms with E-state index in [1.807, 2.05) is 18.2 Å². The summed E-state index contributed by atoms with van der Waals surface area (Å²) in [6, 6.07) is 26.3. The Hall–Kier alpha value is -7.46. The van der Waals surface area contributed by atoms with Crippen molar-refractivity contribution in [2.75, 3.05) is 79.5 Å². The van der Waals surface area contributed by atoms with Gasteiger partial charge in [-0.3, -0.25) is 24.0 Å². The fourth-order valence-corrected chi connectivity index (χ4v) is 7.11. The van der Waals surface area contributed by atoms with Gasteiger partial charge in [-0.25, -0.2) is 0 Å². The Labute approximate surface area is 407 Å². The van der Waals surface area contributed by atoms with Crippen LogP contribution in [-0.4, -0.2) is 71.4 Å². The third-order valence-electron chi connectivity index (χ3n) is 9.71. The number of nitrogens with two attached hydrogens (primary N) is 5. The molecule has 5 amide bonds. The number of aliphatic hydroxyl groups is 1. The largest absolute Gasteiger partial charge is 0.479 e. The first kappa shape index (κ1) is 53.2. The molecule has 2 unspecified atom stereocenters. The summed E-state index contributed by atoms with van der Waals surface area (Å²) in [5.41, 5.74) is 34.5. The van der Waals surface area contributed by atoms with Crippen molar-refractivity contribution < 1.29 is 43.3 Å². The Morgan fingerprint density at radius 1 is 0.588 bits per heavy atom. The van der Waals surface area contributed by atoms with Gasteiger partial charge in [-0.2, -0.15) is 0 Å². The highest BCUT2D eigenvalue weighted by Crippen LogP contribution is 2.36. The molecular weight excluding hydrogens is 942 g/mol. The van der Waals surface area contributed by atoms with E-state index in [1.165, 1.54) is 11.8 Å². The number of thioether (sulfide) groups is 1. The van der Waals surface area contributed by atoms with Crippen LogP contribution >= 0.6 is 36.6 Å². The van der Waals surface area contributed by atoms with Crippen molar-refractivity contribution in [3.8, 4) is 17.2 Å². The predicted molar refractivity (Wildman–Crippen MR) is 272 cm³/mol. The number of hydrogen-bond acceptors (Lipinski definition) is 16. The highest BCUT2D eigenvalue weighted by molar-refractivity contribution is 8.00. The number of aliphatic hydroxyl groups excluding tert-OH is 1. The zero-order chi connectivity index (χ0) is 47.7. The number of benzene rings is 5. The molecule has 0 aromatic heterocycles. The van der Waals surface area contributed by atoms with Crippen molar-refractivity contribution in [3.63, 3.8) is 0 Å². The SMILES string of the molecule is CC1(C)Oc2ccc(N)cc2NC1=O.CC1Oc2ccc(N)cc2NC1=O.Cl.Cl.Nc1ccc2c(c1)NC(=O)C(CCO)O2.Nc1ccc2c(c1)NC(=O)CN2.Nc1ccc2c(c1)NC(=O)CS2. The molecule has 5 aromatic carbocycles. The molecule has 0 radical (unpaired) electrons. The molecule has 23 heteroatoms. The van der Waals surface area contributed by atoms with E-state index in [9.17, 15) is 24.0 Å². The zero-order valence-corrected chi connectivity index (χ0v) is 39.4. The van der Waals surface area contributed by atoms with E-state index in [2.05, 4.69) is 31.9 Å². The molecule has 0 saturated heterocycles. The van der Waals surface area contributed by atoms with Crippen LogP contribution in [0.3, 0.4) is 0 Å². The summed E-state index contributed by atoms with van der Waals surface area (Å²) in [4.78, 5) is 57.1. The Kier molecular flexibility index (Phi) is 18.2. The van der Waals surface area contributed by atoms with Crippen molar-refractivity contribution in [2.45, 2.75) is 49.9 Å². The van der Waals surface area contributed by atoms with Crippen LogP contribution in [0.15, 0.2) is 95.9 Å². The van der Waals surface area contributed by atoms with Gasteiger partial charge in [-0.15, -0.1) is 36.6 Å². The second-order valence-corrected chi connectivity index (χ2v) is 16.5. The van der Waals surface area contributed by atoms with Crippen molar-refractivity contribution >= 4 is 129 Å². The molecule has 68 heavy (non-hydrogen) atoms. The van der Waals surface area contributed by atoms with Crippen LogP contribution in [0.5, 0.6) is 17.2 Å². The Bertz CT molecular complexity index is 2610. The Balaban J connectivity index is 0.000000184. The average Bonchev–Trinajstić information content (AvgIpc) is 3.26. The van der Waals surface area contributed by atoms with E-state index in [-0.39, 0.29) is 67.4 Å². The van der Waals surface area contributed by atoms with Gasteiger partial charge in [0.25, 0.3) is 17.7 Å². The van der Waals surface area contributed by atoms with E-state index in [1.54, 1.807) is 93.6 Å². The maximum absolute atomic E-state index is 11.5. The van der Waals surface area contributed by atoms with Crippen molar-refractivity contribution in [1.82, 2.24) is 0 Å². The second-order valence-electron chi connectivity index (χ2n) is 15.5. The fourth-order valence-electron chi connectivity index (χ4n) is 6.32.